The monoisotopic (exact) mass is 272 g/mol. The van der Waals surface area contributed by atoms with E-state index in [4.69, 9.17) is 5.73 Å². The lowest BCUT2D eigenvalue weighted by atomic mass is 9.94. The van der Waals surface area contributed by atoms with Crippen molar-refractivity contribution in [3.05, 3.63) is 29.8 Å². The van der Waals surface area contributed by atoms with Crippen molar-refractivity contribution in [2.75, 3.05) is 11.4 Å². The Balaban J connectivity index is 1.80. The van der Waals surface area contributed by atoms with Gasteiger partial charge in [0.05, 0.1) is 0 Å². The fourth-order valence-corrected chi connectivity index (χ4v) is 3.60. The summed E-state index contributed by atoms with van der Waals surface area (Å²) in [6.07, 6.45) is 8.14. The third-order valence-electron chi connectivity index (χ3n) is 4.76. The Hall–Kier alpha value is -1.35. The average molecular weight is 272 g/mol. The SMILES string of the molecule is NC1(CC(=O)N2CCCCc3ccccc32)CCCC1. The fraction of sp³-hybridized carbons (Fsp3) is 0.588. The Labute approximate surface area is 121 Å². The Morgan fingerprint density at radius 3 is 2.70 bits per heavy atom. The molecule has 3 nitrogen and oxygen atoms in total. The summed E-state index contributed by atoms with van der Waals surface area (Å²) in [7, 11) is 0. The van der Waals surface area contributed by atoms with Gasteiger partial charge in [0.1, 0.15) is 0 Å². The van der Waals surface area contributed by atoms with Crippen molar-refractivity contribution in [2.24, 2.45) is 5.73 Å². The second-order valence-electron chi connectivity index (χ2n) is 6.38. The molecule has 3 heteroatoms. The first-order chi connectivity index (χ1) is 9.68. The van der Waals surface area contributed by atoms with Crippen LogP contribution >= 0.6 is 0 Å². The third-order valence-corrected chi connectivity index (χ3v) is 4.76. The molecule has 0 aromatic heterocycles. The van der Waals surface area contributed by atoms with E-state index in [-0.39, 0.29) is 11.4 Å². The summed E-state index contributed by atoms with van der Waals surface area (Å²) in [5.41, 5.74) is 8.54. The number of hydrogen-bond donors (Lipinski definition) is 1. The summed E-state index contributed by atoms with van der Waals surface area (Å²) in [4.78, 5) is 14.7. The van der Waals surface area contributed by atoms with Crippen LogP contribution in [0.2, 0.25) is 0 Å². The van der Waals surface area contributed by atoms with Gasteiger partial charge in [0.15, 0.2) is 0 Å². The van der Waals surface area contributed by atoms with Gasteiger partial charge in [-0.2, -0.15) is 0 Å². The number of amides is 1. The number of carbonyl (C=O) groups excluding carboxylic acids is 1. The highest BCUT2D eigenvalue weighted by Crippen LogP contribution is 2.33. The van der Waals surface area contributed by atoms with Crippen molar-refractivity contribution < 1.29 is 4.79 Å². The van der Waals surface area contributed by atoms with E-state index in [2.05, 4.69) is 18.2 Å². The molecule has 2 N–H and O–H groups in total. The molecule has 1 aromatic rings. The molecular weight excluding hydrogens is 248 g/mol. The molecule has 1 aliphatic carbocycles. The Kier molecular flexibility index (Phi) is 3.79. The van der Waals surface area contributed by atoms with E-state index in [9.17, 15) is 4.79 Å². The molecule has 0 bridgehead atoms. The Morgan fingerprint density at radius 2 is 1.90 bits per heavy atom. The Bertz CT molecular complexity index is 492. The molecule has 1 aliphatic heterocycles. The van der Waals surface area contributed by atoms with E-state index < -0.39 is 0 Å². The zero-order valence-corrected chi connectivity index (χ0v) is 12.1. The second kappa shape index (κ2) is 5.57. The van der Waals surface area contributed by atoms with Crippen LogP contribution in [0.3, 0.4) is 0 Å². The van der Waals surface area contributed by atoms with Gasteiger partial charge in [-0.05, 0) is 43.7 Å². The highest BCUT2D eigenvalue weighted by molar-refractivity contribution is 5.95. The van der Waals surface area contributed by atoms with Crippen molar-refractivity contribution in [3.63, 3.8) is 0 Å². The van der Waals surface area contributed by atoms with Crippen LogP contribution in [0.5, 0.6) is 0 Å². The maximum atomic E-state index is 12.7. The van der Waals surface area contributed by atoms with Gasteiger partial charge in [-0.1, -0.05) is 31.0 Å². The van der Waals surface area contributed by atoms with Crippen molar-refractivity contribution in [1.29, 1.82) is 0 Å². The van der Waals surface area contributed by atoms with Gasteiger partial charge < -0.3 is 10.6 Å². The first-order valence-electron chi connectivity index (χ1n) is 7.85. The maximum absolute atomic E-state index is 12.7. The van der Waals surface area contributed by atoms with Crippen LogP contribution < -0.4 is 10.6 Å². The standard InChI is InChI=1S/C17H24N2O/c18-17(10-4-5-11-17)13-16(20)19-12-6-3-8-14-7-1-2-9-15(14)19/h1-2,7,9H,3-6,8,10-13,18H2. The molecule has 0 radical (unpaired) electrons. The molecule has 0 unspecified atom stereocenters. The molecule has 1 amide bonds. The highest BCUT2D eigenvalue weighted by atomic mass is 16.2. The number of fused-ring (bicyclic) bond motifs is 1. The summed E-state index contributed by atoms with van der Waals surface area (Å²) in [5.74, 6) is 0.212. The number of nitrogens with zero attached hydrogens (tertiary/aromatic N) is 1. The fourth-order valence-electron chi connectivity index (χ4n) is 3.60. The van der Waals surface area contributed by atoms with Crippen LogP contribution in [-0.4, -0.2) is 18.0 Å². The lowest BCUT2D eigenvalue weighted by molar-refractivity contribution is -0.119. The molecule has 1 fully saturated rings. The molecule has 0 atom stereocenters. The zero-order chi connectivity index (χ0) is 14.0. The van der Waals surface area contributed by atoms with Crippen LogP contribution in [0, 0.1) is 0 Å². The summed E-state index contributed by atoms with van der Waals surface area (Å²) < 4.78 is 0. The van der Waals surface area contributed by atoms with E-state index >= 15 is 0 Å². The number of anilines is 1. The number of para-hydroxylation sites is 1. The van der Waals surface area contributed by atoms with Gasteiger partial charge >= 0.3 is 0 Å². The van der Waals surface area contributed by atoms with Crippen LogP contribution in [0.4, 0.5) is 5.69 Å². The molecule has 3 rings (SSSR count). The van der Waals surface area contributed by atoms with Gasteiger partial charge in [0.2, 0.25) is 5.91 Å². The predicted molar refractivity (Wildman–Crippen MR) is 81.7 cm³/mol. The summed E-state index contributed by atoms with van der Waals surface area (Å²) in [6, 6.07) is 8.32. The highest BCUT2D eigenvalue weighted by Gasteiger charge is 2.34. The lowest BCUT2D eigenvalue weighted by Gasteiger charge is -2.29. The Morgan fingerprint density at radius 1 is 1.15 bits per heavy atom. The maximum Gasteiger partial charge on any atom is 0.228 e. The van der Waals surface area contributed by atoms with E-state index in [1.165, 1.54) is 18.4 Å². The van der Waals surface area contributed by atoms with Crippen molar-refractivity contribution in [1.82, 2.24) is 0 Å². The van der Waals surface area contributed by atoms with E-state index in [1.807, 2.05) is 11.0 Å². The van der Waals surface area contributed by atoms with Gasteiger partial charge in [0.25, 0.3) is 0 Å². The molecular formula is C17H24N2O. The molecule has 1 aromatic carbocycles. The number of hydrogen-bond acceptors (Lipinski definition) is 2. The van der Waals surface area contributed by atoms with Crippen molar-refractivity contribution in [2.45, 2.75) is 56.9 Å². The van der Waals surface area contributed by atoms with Crippen LogP contribution in [-0.2, 0) is 11.2 Å². The molecule has 2 aliphatic rings. The lowest BCUT2D eigenvalue weighted by Crippen LogP contribution is -2.44. The molecule has 0 saturated heterocycles. The van der Waals surface area contributed by atoms with Gasteiger partial charge in [0, 0.05) is 24.2 Å². The van der Waals surface area contributed by atoms with Crippen LogP contribution in [0.15, 0.2) is 24.3 Å². The number of rotatable bonds is 2. The van der Waals surface area contributed by atoms with E-state index in [1.54, 1.807) is 0 Å². The summed E-state index contributed by atoms with van der Waals surface area (Å²) >= 11 is 0. The number of carbonyl (C=O) groups is 1. The topological polar surface area (TPSA) is 46.3 Å². The quantitative estimate of drug-likeness (QED) is 0.899. The molecule has 20 heavy (non-hydrogen) atoms. The minimum atomic E-state index is -0.252. The first-order valence-corrected chi connectivity index (χ1v) is 7.85. The normalized spacial score (nSPS) is 21.4. The summed E-state index contributed by atoms with van der Waals surface area (Å²) in [6.45, 7) is 0.839. The van der Waals surface area contributed by atoms with Gasteiger partial charge in [-0.15, -0.1) is 0 Å². The van der Waals surface area contributed by atoms with E-state index in [0.717, 1.165) is 44.3 Å². The summed E-state index contributed by atoms with van der Waals surface area (Å²) in [5, 5.41) is 0. The average Bonchev–Trinajstić information content (AvgIpc) is 2.75. The molecule has 108 valence electrons. The number of benzene rings is 1. The molecule has 0 spiro atoms. The largest absolute Gasteiger partial charge is 0.325 e. The van der Waals surface area contributed by atoms with Crippen LogP contribution in [0.25, 0.3) is 0 Å². The minimum absolute atomic E-state index is 0.212. The molecule has 1 saturated carbocycles. The predicted octanol–water partition coefficient (Wildman–Crippen LogP) is 3.02. The van der Waals surface area contributed by atoms with E-state index in [0.29, 0.717) is 6.42 Å². The van der Waals surface area contributed by atoms with Crippen molar-refractivity contribution in [3.8, 4) is 0 Å². The number of aryl methyl sites for hydroxylation is 1. The first kappa shape index (κ1) is 13.6. The zero-order valence-electron chi connectivity index (χ0n) is 12.1. The van der Waals surface area contributed by atoms with Crippen molar-refractivity contribution >= 4 is 11.6 Å². The smallest absolute Gasteiger partial charge is 0.228 e. The van der Waals surface area contributed by atoms with Gasteiger partial charge in [-0.25, -0.2) is 0 Å². The number of nitrogens with two attached hydrogens (primary N) is 1. The van der Waals surface area contributed by atoms with Crippen LogP contribution in [0.1, 0.15) is 50.5 Å². The minimum Gasteiger partial charge on any atom is -0.325 e. The second-order valence-corrected chi connectivity index (χ2v) is 6.38. The third kappa shape index (κ3) is 2.73. The molecule has 1 heterocycles. The van der Waals surface area contributed by atoms with Gasteiger partial charge in [-0.3, -0.25) is 4.79 Å².